The number of anilines is 2. The van der Waals surface area contributed by atoms with Gasteiger partial charge in [-0.2, -0.15) is 14.1 Å². The number of aromatic nitrogens is 2. The predicted molar refractivity (Wildman–Crippen MR) is 152 cm³/mol. The molecule has 1 fully saturated rings. The van der Waals surface area contributed by atoms with Crippen molar-refractivity contribution in [1.29, 1.82) is 0 Å². The third kappa shape index (κ3) is 5.76. The van der Waals surface area contributed by atoms with Gasteiger partial charge >= 0.3 is 0 Å². The van der Waals surface area contributed by atoms with Gasteiger partial charge in [-0.25, -0.2) is 16.8 Å². The van der Waals surface area contributed by atoms with Gasteiger partial charge < -0.3 is 10.2 Å². The summed E-state index contributed by atoms with van der Waals surface area (Å²) in [7, 11) is -7.24. The van der Waals surface area contributed by atoms with Crippen LogP contribution >= 0.6 is 11.3 Å². The summed E-state index contributed by atoms with van der Waals surface area (Å²) in [6, 6.07) is 18.3. The van der Waals surface area contributed by atoms with Gasteiger partial charge in [0.25, 0.3) is 5.56 Å². The highest BCUT2D eigenvalue weighted by Gasteiger charge is 2.30. The molecule has 2 aromatic carbocycles. The van der Waals surface area contributed by atoms with Crippen LogP contribution in [0.15, 0.2) is 92.9 Å². The van der Waals surface area contributed by atoms with E-state index in [-0.39, 0.29) is 28.4 Å². The van der Waals surface area contributed by atoms with Crippen molar-refractivity contribution in [1.82, 2.24) is 14.1 Å². The second kappa shape index (κ2) is 10.9. The lowest BCUT2D eigenvalue weighted by atomic mass is 10.2. The van der Waals surface area contributed by atoms with Crippen LogP contribution in [0.3, 0.4) is 0 Å². The topological polar surface area (TPSA) is 122 Å². The zero-order valence-electron chi connectivity index (χ0n) is 21.1. The summed E-state index contributed by atoms with van der Waals surface area (Å²) in [5, 5.41) is 9.68. The first-order valence-corrected chi connectivity index (χ1v) is 16.3. The highest BCUT2D eigenvalue weighted by atomic mass is 32.2. The largest absolute Gasteiger partial charge is 0.374 e. The Labute approximate surface area is 231 Å². The number of nitrogens with zero attached hydrogens (tertiary/aromatic N) is 4. The van der Waals surface area contributed by atoms with Crippen LogP contribution in [0.4, 0.5) is 11.4 Å². The van der Waals surface area contributed by atoms with Crippen LogP contribution in [0.25, 0.3) is 5.69 Å². The fourth-order valence-corrected chi connectivity index (χ4v) is 7.07. The molecule has 1 N–H and O–H groups in total. The molecular formula is C26H27N5O5S3. The first-order valence-electron chi connectivity index (χ1n) is 12.1. The lowest BCUT2D eigenvalue weighted by Crippen LogP contribution is -2.49. The van der Waals surface area contributed by atoms with Crippen molar-refractivity contribution in [3.63, 3.8) is 0 Å². The van der Waals surface area contributed by atoms with Gasteiger partial charge in [0, 0.05) is 43.9 Å². The van der Waals surface area contributed by atoms with E-state index in [1.54, 1.807) is 17.5 Å². The predicted octanol–water partition coefficient (Wildman–Crippen LogP) is 2.82. The van der Waals surface area contributed by atoms with Crippen molar-refractivity contribution < 1.29 is 16.8 Å². The van der Waals surface area contributed by atoms with E-state index in [2.05, 4.69) is 10.4 Å². The molecule has 204 valence electrons. The Balaban J connectivity index is 1.38. The van der Waals surface area contributed by atoms with Crippen LogP contribution in [-0.4, -0.2) is 63.4 Å². The highest BCUT2D eigenvalue weighted by molar-refractivity contribution is 7.90. The fraction of sp³-hybridized carbons (Fsp3) is 0.231. The van der Waals surface area contributed by atoms with E-state index in [4.69, 9.17) is 0 Å². The smallest absolute Gasteiger partial charge is 0.296 e. The summed E-state index contributed by atoms with van der Waals surface area (Å²) in [6.45, 7) is 1.57. The molecule has 1 aliphatic heterocycles. The van der Waals surface area contributed by atoms with Crippen molar-refractivity contribution in [2.24, 2.45) is 0 Å². The Morgan fingerprint density at radius 3 is 2.15 bits per heavy atom. The summed E-state index contributed by atoms with van der Waals surface area (Å²) in [6.07, 6.45) is 2.71. The number of rotatable bonds is 8. The summed E-state index contributed by atoms with van der Waals surface area (Å²) < 4.78 is 52.6. The minimum Gasteiger partial charge on any atom is -0.374 e. The summed E-state index contributed by atoms with van der Waals surface area (Å²) in [5.74, 6) is 0. The third-order valence-electron chi connectivity index (χ3n) is 6.45. The molecule has 2 aromatic heterocycles. The maximum Gasteiger partial charge on any atom is 0.296 e. The molecule has 1 saturated heterocycles. The van der Waals surface area contributed by atoms with E-state index in [1.165, 1.54) is 33.3 Å². The van der Waals surface area contributed by atoms with E-state index in [0.717, 1.165) is 11.1 Å². The lowest BCUT2D eigenvalue weighted by Gasteiger charge is -2.36. The number of para-hydroxylation sites is 1. The van der Waals surface area contributed by atoms with E-state index in [9.17, 15) is 21.6 Å². The molecule has 13 heteroatoms. The summed E-state index contributed by atoms with van der Waals surface area (Å²) in [4.78, 5) is 16.7. The first-order chi connectivity index (χ1) is 18.6. The monoisotopic (exact) mass is 585 g/mol. The molecule has 0 atom stereocenters. The Bertz CT molecular complexity index is 1710. The SMILES string of the molecule is CS(=O)(=O)c1ccc(S(=O)(=O)N2CCN(c3cnn(-c4ccccc4)c(=O)c3NCc3cccs3)CC2)cc1. The molecular weight excluding hydrogens is 559 g/mol. The lowest BCUT2D eigenvalue weighted by molar-refractivity contribution is 0.384. The average Bonchev–Trinajstić information content (AvgIpc) is 3.46. The first kappa shape index (κ1) is 27.1. The van der Waals surface area contributed by atoms with E-state index >= 15 is 0 Å². The van der Waals surface area contributed by atoms with Crippen LogP contribution in [-0.2, 0) is 26.4 Å². The molecule has 0 spiro atoms. The zero-order chi connectivity index (χ0) is 27.6. The molecule has 39 heavy (non-hydrogen) atoms. The standard InChI is InChI=1S/C26H27N5O5S3/c1-38(33,34)22-9-11-23(12-10-22)39(35,36)30-15-13-29(14-16-30)24-19-28-31(20-6-3-2-4-7-20)26(32)25(24)27-18-21-8-5-17-37-21/h2-12,17,19,27H,13-16,18H2,1H3. The molecule has 5 rings (SSSR count). The van der Waals surface area contributed by atoms with Crippen LogP contribution in [0, 0.1) is 0 Å². The average molecular weight is 586 g/mol. The van der Waals surface area contributed by atoms with Gasteiger partial charge in [-0.05, 0) is 47.8 Å². The zero-order valence-corrected chi connectivity index (χ0v) is 23.5. The van der Waals surface area contributed by atoms with Gasteiger partial charge in [-0.3, -0.25) is 4.79 Å². The number of nitrogens with one attached hydrogen (secondary N) is 1. The number of piperazine rings is 1. The molecule has 4 aromatic rings. The maximum atomic E-state index is 13.6. The Hall–Kier alpha value is -3.52. The second-order valence-corrected chi connectivity index (χ2v) is 14.0. The minimum atomic E-state index is -3.81. The number of sulfone groups is 1. The Morgan fingerprint density at radius 2 is 1.54 bits per heavy atom. The molecule has 0 radical (unpaired) electrons. The molecule has 0 saturated carbocycles. The van der Waals surface area contributed by atoms with Crippen molar-refractivity contribution in [2.45, 2.75) is 16.3 Å². The molecule has 0 amide bonds. The normalized spacial score (nSPS) is 14.8. The van der Waals surface area contributed by atoms with Gasteiger partial charge in [0.2, 0.25) is 10.0 Å². The Kier molecular flexibility index (Phi) is 7.58. The van der Waals surface area contributed by atoms with Gasteiger partial charge in [0.05, 0.1) is 27.4 Å². The van der Waals surface area contributed by atoms with Crippen molar-refractivity contribution in [3.8, 4) is 5.69 Å². The molecule has 1 aliphatic rings. The van der Waals surface area contributed by atoms with Crippen molar-refractivity contribution in [3.05, 3.63) is 93.5 Å². The van der Waals surface area contributed by atoms with Gasteiger partial charge in [0.1, 0.15) is 5.69 Å². The number of hydrogen-bond acceptors (Lipinski definition) is 9. The highest BCUT2D eigenvalue weighted by Crippen LogP contribution is 2.27. The third-order valence-corrected chi connectivity index (χ3v) is 10.4. The van der Waals surface area contributed by atoms with E-state index < -0.39 is 19.9 Å². The van der Waals surface area contributed by atoms with Gasteiger partial charge in [0.15, 0.2) is 9.84 Å². The number of benzene rings is 2. The van der Waals surface area contributed by atoms with Crippen LogP contribution in [0.1, 0.15) is 4.88 Å². The summed E-state index contributed by atoms with van der Waals surface area (Å²) >= 11 is 1.59. The number of thiophene rings is 1. The van der Waals surface area contributed by atoms with E-state index in [1.807, 2.05) is 52.7 Å². The molecule has 10 nitrogen and oxygen atoms in total. The second-order valence-electron chi connectivity index (χ2n) is 9.02. The molecule has 0 bridgehead atoms. The van der Waals surface area contributed by atoms with Crippen LogP contribution in [0.5, 0.6) is 0 Å². The van der Waals surface area contributed by atoms with Crippen molar-refractivity contribution >= 4 is 42.6 Å². The van der Waals surface area contributed by atoms with Crippen LogP contribution < -0.4 is 15.8 Å². The van der Waals surface area contributed by atoms with Gasteiger partial charge in [-0.15, -0.1) is 11.3 Å². The Morgan fingerprint density at radius 1 is 0.872 bits per heavy atom. The summed E-state index contributed by atoms with van der Waals surface area (Å²) in [5.41, 5.74) is 1.36. The number of hydrogen-bond donors (Lipinski definition) is 1. The fourth-order valence-electron chi connectivity index (χ4n) is 4.37. The molecule has 0 aliphatic carbocycles. The molecule has 3 heterocycles. The minimum absolute atomic E-state index is 0.0359. The molecule has 0 unspecified atom stereocenters. The quantitative estimate of drug-likeness (QED) is 0.335. The van der Waals surface area contributed by atoms with Crippen molar-refractivity contribution in [2.75, 3.05) is 42.7 Å². The van der Waals surface area contributed by atoms with Crippen LogP contribution in [0.2, 0.25) is 0 Å². The maximum absolute atomic E-state index is 13.6. The number of sulfonamides is 1. The van der Waals surface area contributed by atoms with E-state index in [0.29, 0.717) is 36.7 Å². The van der Waals surface area contributed by atoms with Gasteiger partial charge in [-0.1, -0.05) is 24.3 Å².